The van der Waals surface area contributed by atoms with E-state index in [0.29, 0.717) is 5.92 Å². The third kappa shape index (κ3) is 7.52. The molecule has 2 aliphatic rings. The van der Waals surface area contributed by atoms with Gasteiger partial charge in [0, 0.05) is 0 Å². The van der Waals surface area contributed by atoms with Gasteiger partial charge in [-0.2, -0.15) is 0 Å². The average molecular weight is 421 g/mol. The van der Waals surface area contributed by atoms with Gasteiger partial charge in [0.05, 0.1) is 0 Å². The standard InChI is InChI=1S/C26H35F3O/c1-2-5-20-8-14-23(15-9-20)24-16-10-21(11-17-24)6-3-4-7-22-12-18-25(19-13-22)30-26(27,28)29/h2-3,5-6,12-13,18-21,23-24H,4,7-11,14-17H2,1H3/t20-,21-,23-,24-. The monoisotopic (exact) mass is 420 g/mol. The zero-order chi connectivity index (χ0) is 21.4. The summed E-state index contributed by atoms with van der Waals surface area (Å²) in [6.07, 6.45) is 17.3. The summed E-state index contributed by atoms with van der Waals surface area (Å²) in [5.74, 6) is 3.23. The summed E-state index contributed by atoms with van der Waals surface area (Å²) in [6, 6.07) is 6.20. The Morgan fingerprint density at radius 2 is 1.37 bits per heavy atom. The molecule has 2 saturated carbocycles. The van der Waals surface area contributed by atoms with Gasteiger partial charge in [0.25, 0.3) is 0 Å². The molecule has 2 aliphatic carbocycles. The fourth-order valence-electron chi connectivity index (χ4n) is 5.29. The molecule has 0 heterocycles. The highest BCUT2D eigenvalue weighted by Crippen LogP contribution is 2.41. The molecule has 0 aliphatic heterocycles. The second-order valence-corrected chi connectivity index (χ2v) is 9.03. The van der Waals surface area contributed by atoms with Gasteiger partial charge in [-0.25, -0.2) is 0 Å². The lowest BCUT2D eigenvalue weighted by atomic mass is 9.69. The Hall–Kier alpha value is -1.71. The highest BCUT2D eigenvalue weighted by molar-refractivity contribution is 5.27. The lowest BCUT2D eigenvalue weighted by Gasteiger charge is -2.36. The summed E-state index contributed by atoms with van der Waals surface area (Å²) in [7, 11) is 0. The van der Waals surface area contributed by atoms with E-state index < -0.39 is 6.36 Å². The van der Waals surface area contributed by atoms with Gasteiger partial charge in [0.15, 0.2) is 0 Å². The molecular weight excluding hydrogens is 385 g/mol. The van der Waals surface area contributed by atoms with Crippen LogP contribution in [0.2, 0.25) is 0 Å². The van der Waals surface area contributed by atoms with Crippen LogP contribution in [0.1, 0.15) is 70.3 Å². The third-order valence-corrected chi connectivity index (χ3v) is 6.93. The van der Waals surface area contributed by atoms with Crippen molar-refractivity contribution in [3.8, 4) is 5.75 Å². The number of hydrogen-bond donors (Lipinski definition) is 0. The molecule has 1 nitrogen and oxygen atoms in total. The van der Waals surface area contributed by atoms with Gasteiger partial charge in [-0.15, -0.1) is 13.2 Å². The fraction of sp³-hybridized carbons (Fsp3) is 0.615. The van der Waals surface area contributed by atoms with Crippen LogP contribution in [0, 0.1) is 23.7 Å². The molecule has 1 aromatic carbocycles. The summed E-state index contributed by atoms with van der Waals surface area (Å²) in [5.41, 5.74) is 1.03. The number of halogens is 3. The van der Waals surface area contributed by atoms with Gasteiger partial charge < -0.3 is 4.74 Å². The predicted octanol–water partition coefficient (Wildman–Crippen LogP) is 8.26. The highest BCUT2D eigenvalue weighted by atomic mass is 19.4. The number of allylic oxidation sites excluding steroid dienone is 4. The van der Waals surface area contributed by atoms with E-state index in [1.807, 2.05) is 0 Å². The van der Waals surface area contributed by atoms with E-state index in [0.717, 1.165) is 36.2 Å². The summed E-state index contributed by atoms with van der Waals surface area (Å²) in [4.78, 5) is 0. The summed E-state index contributed by atoms with van der Waals surface area (Å²) >= 11 is 0. The minimum Gasteiger partial charge on any atom is -0.406 e. The molecule has 0 N–H and O–H groups in total. The van der Waals surface area contributed by atoms with E-state index in [-0.39, 0.29) is 5.75 Å². The molecule has 30 heavy (non-hydrogen) atoms. The Morgan fingerprint density at radius 1 is 0.833 bits per heavy atom. The van der Waals surface area contributed by atoms with Crippen LogP contribution in [-0.2, 0) is 6.42 Å². The first-order valence-corrected chi connectivity index (χ1v) is 11.6. The Labute approximate surface area is 179 Å². The molecule has 0 atom stereocenters. The van der Waals surface area contributed by atoms with E-state index in [9.17, 15) is 13.2 Å². The first-order valence-electron chi connectivity index (χ1n) is 11.6. The van der Waals surface area contributed by atoms with Crippen molar-refractivity contribution in [2.45, 2.75) is 77.5 Å². The number of aryl methyl sites for hydroxylation is 1. The lowest BCUT2D eigenvalue weighted by molar-refractivity contribution is -0.274. The molecular formula is C26H35F3O. The van der Waals surface area contributed by atoms with Crippen LogP contribution in [0.3, 0.4) is 0 Å². The minimum absolute atomic E-state index is 0.158. The normalized spacial score (nSPS) is 28.3. The second-order valence-electron chi connectivity index (χ2n) is 9.03. The van der Waals surface area contributed by atoms with Crippen molar-refractivity contribution in [2.24, 2.45) is 23.7 Å². The quantitative estimate of drug-likeness (QED) is 0.403. The van der Waals surface area contributed by atoms with Gasteiger partial charge in [0.2, 0.25) is 0 Å². The molecule has 0 radical (unpaired) electrons. The van der Waals surface area contributed by atoms with E-state index in [4.69, 9.17) is 0 Å². The molecule has 0 bridgehead atoms. The molecule has 0 saturated heterocycles. The molecule has 2 fully saturated rings. The zero-order valence-electron chi connectivity index (χ0n) is 18.0. The smallest absolute Gasteiger partial charge is 0.406 e. The highest BCUT2D eigenvalue weighted by Gasteiger charge is 2.31. The van der Waals surface area contributed by atoms with Gasteiger partial charge >= 0.3 is 6.36 Å². The molecule has 4 heteroatoms. The van der Waals surface area contributed by atoms with Gasteiger partial charge in [0.1, 0.15) is 5.75 Å². The van der Waals surface area contributed by atoms with Crippen LogP contribution < -0.4 is 4.74 Å². The van der Waals surface area contributed by atoms with Crippen LogP contribution in [0.4, 0.5) is 13.2 Å². The van der Waals surface area contributed by atoms with Crippen LogP contribution in [0.15, 0.2) is 48.6 Å². The summed E-state index contributed by atoms with van der Waals surface area (Å²) in [6.45, 7) is 2.13. The van der Waals surface area contributed by atoms with Crippen molar-refractivity contribution in [3.05, 3.63) is 54.1 Å². The third-order valence-electron chi connectivity index (χ3n) is 6.93. The first-order chi connectivity index (χ1) is 14.4. The maximum Gasteiger partial charge on any atom is 0.573 e. The van der Waals surface area contributed by atoms with Crippen LogP contribution in [0.25, 0.3) is 0 Å². The number of ether oxygens (including phenoxy) is 1. The van der Waals surface area contributed by atoms with Gasteiger partial charge in [-0.1, -0.05) is 36.4 Å². The van der Waals surface area contributed by atoms with Gasteiger partial charge in [-0.05, 0) is 112 Å². The first kappa shape index (κ1) is 23.0. The largest absolute Gasteiger partial charge is 0.573 e. The van der Waals surface area contributed by atoms with Crippen molar-refractivity contribution < 1.29 is 17.9 Å². The Balaban J connectivity index is 1.33. The Kier molecular flexibility index (Phi) is 8.47. The van der Waals surface area contributed by atoms with Crippen molar-refractivity contribution in [3.63, 3.8) is 0 Å². The van der Waals surface area contributed by atoms with Crippen molar-refractivity contribution in [2.75, 3.05) is 0 Å². The van der Waals surface area contributed by atoms with Crippen LogP contribution in [0.5, 0.6) is 5.75 Å². The number of alkyl halides is 3. The topological polar surface area (TPSA) is 9.23 Å². The Morgan fingerprint density at radius 3 is 1.87 bits per heavy atom. The van der Waals surface area contributed by atoms with Gasteiger partial charge in [-0.3, -0.25) is 0 Å². The number of hydrogen-bond acceptors (Lipinski definition) is 1. The number of benzene rings is 1. The van der Waals surface area contributed by atoms with Crippen molar-refractivity contribution in [1.29, 1.82) is 0 Å². The molecule has 0 unspecified atom stereocenters. The maximum atomic E-state index is 12.2. The molecule has 3 rings (SSSR count). The van der Waals surface area contributed by atoms with E-state index in [2.05, 4.69) is 36.0 Å². The molecule has 0 spiro atoms. The second kappa shape index (κ2) is 11.1. The average Bonchev–Trinajstić information content (AvgIpc) is 2.73. The van der Waals surface area contributed by atoms with Crippen LogP contribution >= 0.6 is 0 Å². The molecule has 0 amide bonds. The number of rotatable bonds is 7. The predicted molar refractivity (Wildman–Crippen MR) is 116 cm³/mol. The SMILES string of the molecule is CC=C[C@H]1CC[C@H]([C@H]2CC[C@H](C=CCCc3ccc(OC(F)(F)F)cc3)CC2)CC1. The fourth-order valence-corrected chi connectivity index (χ4v) is 5.29. The van der Waals surface area contributed by atoms with E-state index in [1.165, 1.54) is 63.5 Å². The molecule has 1 aromatic rings. The maximum absolute atomic E-state index is 12.2. The Bertz CT molecular complexity index is 673. The van der Waals surface area contributed by atoms with Crippen molar-refractivity contribution in [1.82, 2.24) is 0 Å². The van der Waals surface area contributed by atoms with E-state index in [1.54, 1.807) is 12.1 Å². The van der Waals surface area contributed by atoms with Crippen LogP contribution in [-0.4, -0.2) is 6.36 Å². The van der Waals surface area contributed by atoms with Crippen molar-refractivity contribution >= 4 is 0 Å². The molecule has 166 valence electrons. The zero-order valence-corrected chi connectivity index (χ0v) is 18.0. The van der Waals surface area contributed by atoms with E-state index >= 15 is 0 Å². The minimum atomic E-state index is -4.63. The molecule has 0 aromatic heterocycles. The lowest BCUT2D eigenvalue weighted by Crippen LogP contribution is -2.25. The summed E-state index contributed by atoms with van der Waals surface area (Å²) in [5, 5.41) is 0. The summed E-state index contributed by atoms with van der Waals surface area (Å²) < 4.78 is 40.5.